The van der Waals surface area contributed by atoms with E-state index in [0.717, 1.165) is 0 Å². The number of alkyl halides is 3. The number of aromatic nitrogens is 2. The molecule has 0 bridgehead atoms. The molecule has 1 unspecified atom stereocenters. The molecule has 2 aromatic rings. The van der Waals surface area contributed by atoms with E-state index < -0.39 is 30.6 Å². The molecule has 156 valence electrons. The summed E-state index contributed by atoms with van der Waals surface area (Å²) in [5.41, 5.74) is 0.306. The monoisotopic (exact) mass is 433 g/mol. The fourth-order valence-electron chi connectivity index (χ4n) is 3.06. The normalized spacial score (nSPS) is 16.2. The maximum atomic E-state index is 13.9. The number of carbonyl (C=O) groups excluding carboxylic acids is 1. The lowest BCUT2D eigenvalue weighted by molar-refractivity contribution is -0.163. The molecule has 1 aliphatic heterocycles. The second-order valence-corrected chi connectivity index (χ2v) is 6.86. The second-order valence-electron chi connectivity index (χ2n) is 6.48. The Hall–Kier alpha value is -2.46. The molecule has 6 nitrogen and oxygen atoms in total. The van der Waals surface area contributed by atoms with E-state index >= 15 is 0 Å². The van der Waals surface area contributed by atoms with Crippen LogP contribution in [-0.4, -0.2) is 53.8 Å². The van der Waals surface area contributed by atoms with Crippen molar-refractivity contribution < 1.29 is 31.8 Å². The van der Waals surface area contributed by atoms with Crippen LogP contribution in [0.25, 0.3) is 0 Å². The predicted molar refractivity (Wildman–Crippen MR) is 94.1 cm³/mol. The molecule has 11 heteroatoms. The largest absolute Gasteiger partial charge is 0.482 e. The van der Waals surface area contributed by atoms with Gasteiger partial charge in [0, 0.05) is 24.6 Å². The molecule has 1 atom stereocenters. The molecule has 0 spiro atoms. The summed E-state index contributed by atoms with van der Waals surface area (Å²) in [6.07, 6.45) is -2.68. The van der Waals surface area contributed by atoms with Crippen LogP contribution in [0.15, 0.2) is 30.6 Å². The Morgan fingerprint density at radius 2 is 1.97 bits per heavy atom. The van der Waals surface area contributed by atoms with Crippen molar-refractivity contribution in [3.05, 3.63) is 52.8 Å². The van der Waals surface area contributed by atoms with Crippen molar-refractivity contribution in [2.24, 2.45) is 5.92 Å². The Balaban J connectivity index is 1.81. The Morgan fingerprint density at radius 1 is 1.31 bits per heavy atom. The lowest BCUT2D eigenvalue weighted by atomic mass is 9.88. The van der Waals surface area contributed by atoms with E-state index in [0.29, 0.717) is 5.56 Å². The highest BCUT2D eigenvalue weighted by Gasteiger charge is 2.42. The summed E-state index contributed by atoms with van der Waals surface area (Å²) in [4.78, 5) is 20.3. The van der Waals surface area contributed by atoms with Gasteiger partial charge in [-0.25, -0.2) is 19.2 Å². The summed E-state index contributed by atoms with van der Waals surface area (Å²) in [6.45, 7) is -0.847. The van der Waals surface area contributed by atoms with Crippen LogP contribution >= 0.6 is 11.6 Å². The first-order chi connectivity index (χ1) is 13.7. The van der Waals surface area contributed by atoms with Gasteiger partial charge in [-0.1, -0.05) is 23.7 Å². The number of methoxy groups -OCH3 is 1. The highest BCUT2D eigenvalue weighted by atomic mass is 35.5. The van der Waals surface area contributed by atoms with Gasteiger partial charge < -0.3 is 9.47 Å². The van der Waals surface area contributed by atoms with Gasteiger partial charge >= 0.3 is 12.1 Å². The van der Waals surface area contributed by atoms with Crippen molar-refractivity contribution in [3.63, 3.8) is 0 Å². The Morgan fingerprint density at radius 3 is 2.55 bits per heavy atom. The summed E-state index contributed by atoms with van der Waals surface area (Å²) in [7, 11) is 1.18. The SMILES string of the molecule is COC(=O)c1ncc(OC(c2cccc(F)c2Cl)C2CN(CC(F)(F)F)C2)cn1. The van der Waals surface area contributed by atoms with Crippen molar-refractivity contribution in [2.75, 3.05) is 26.7 Å². The molecule has 2 heterocycles. The van der Waals surface area contributed by atoms with E-state index in [9.17, 15) is 22.4 Å². The molecule has 3 rings (SSSR count). The predicted octanol–water partition coefficient (Wildman–Crippen LogP) is 3.67. The molecule has 1 saturated heterocycles. The molecule has 0 radical (unpaired) electrons. The van der Waals surface area contributed by atoms with Gasteiger partial charge in [-0.2, -0.15) is 13.2 Å². The molecule has 1 aromatic heterocycles. The van der Waals surface area contributed by atoms with E-state index in [1.165, 1.54) is 36.5 Å². The van der Waals surface area contributed by atoms with Crippen LogP contribution in [0.5, 0.6) is 5.75 Å². The van der Waals surface area contributed by atoms with Crippen molar-refractivity contribution >= 4 is 17.6 Å². The lowest BCUT2D eigenvalue weighted by Crippen LogP contribution is -2.53. The van der Waals surface area contributed by atoms with Crippen LogP contribution in [0.3, 0.4) is 0 Å². The lowest BCUT2D eigenvalue weighted by Gasteiger charge is -2.43. The van der Waals surface area contributed by atoms with E-state index in [1.807, 2.05) is 0 Å². The minimum atomic E-state index is -4.31. The number of hydrogen-bond acceptors (Lipinski definition) is 6. The molecule has 29 heavy (non-hydrogen) atoms. The average molecular weight is 434 g/mol. The number of halogens is 5. The molecule has 0 saturated carbocycles. The zero-order chi connectivity index (χ0) is 21.2. The zero-order valence-corrected chi connectivity index (χ0v) is 15.9. The first-order valence-electron chi connectivity index (χ1n) is 8.48. The van der Waals surface area contributed by atoms with Gasteiger partial charge in [0.2, 0.25) is 5.82 Å². The Labute approximate surface area is 168 Å². The minimum Gasteiger partial charge on any atom is -0.482 e. The maximum Gasteiger partial charge on any atom is 0.401 e. The van der Waals surface area contributed by atoms with Gasteiger partial charge in [0.05, 0.1) is 31.1 Å². The van der Waals surface area contributed by atoms with Crippen molar-refractivity contribution in [1.82, 2.24) is 14.9 Å². The van der Waals surface area contributed by atoms with Crippen LogP contribution in [0, 0.1) is 11.7 Å². The third-order valence-corrected chi connectivity index (χ3v) is 4.76. The van der Waals surface area contributed by atoms with Gasteiger partial charge in [0.15, 0.2) is 5.75 Å². The van der Waals surface area contributed by atoms with Gasteiger partial charge in [0.1, 0.15) is 11.9 Å². The van der Waals surface area contributed by atoms with Crippen LogP contribution in [-0.2, 0) is 4.74 Å². The summed E-state index contributed by atoms with van der Waals surface area (Å²) >= 11 is 6.07. The third-order valence-electron chi connectivity index (χ3n) is 4.36. The topological polar surface area (TPSA) is 64.6 Å². The summed E-state index contributed by atoms with van der Waals surface area (Å²) in [6, 6.07) is 4.16. The minimum absolute atomic E-state index is 0.0954. The van der Waals surface area contributed by atoms with Gasteiger partial charge in [0.25, 0.3) is 0 Å². The molecule has 1 aromatic carbocycles. The number of nitrogens with zero attached hydrogens (tertiary/aromatic N) is 3. The van der Waals surface area contributed by atoms with Gasteiger partial charge in [-0.05, 0) is 6.07 Å². The molecule has 0 aliphatic carbocycles. The van der Waals surface area contributed by atoms with Crippen LogP contribution in [0.4, 0.5) is 17.6 Å². The highest BCUT2D eigenvalue weighted by molar-refractivity contribution is 6.31. The van der Waals surface area contributed by atoms with E-state index in [-0.39, 0.29) is 35.6 Å². The molecular weight excluding hydrogens is 418 g/mol. The molecule has 0 N–H and O–H groups in total. The molecule has 1 aliphatic rings. The van der Waals surface area contributed by atoms with Crippen LogP contribution < -0.4 is 4.74 Å². The first kappa shape index (κ1) is 21.3. The average Bonchev–Trinajstić information content (AvgIpc) is 2.64. The highest BCUT2D eigenvalue weighted by Crippen LogP contribution is 2.38. The van der Waals surface area contributed by atoms with E-state index in [1.54, 1.807) is 6.07 Å². The first-order valence-corrected chi connectivity index (χ1v) is 8.85. The van der Waals surface area contributed by atoms with Crippen LogP contribution in [0.2, 0.25) is 5.02 Å². The summed E-state index contributed by atoms with van der Waals surface area (Å²) in [5.74, 6) is -1.79. The fourth-order valence-corrected chi connectivity index (χ4v) is 3.29. The Kier molecular flexibility index (Phi) is 6.23. The number of esters is 1. The zero-order valence-electron chi connectivity index (χ0n) is 15.1. The molecular formula is C18H16ClF4N3O3. The second kappa shape index (κ2) is 8.50. The number of likely N-dealkylation sites (tertiary alicyclic amines) is 1. The third kappa shape index (κ3) is 5.13. The summed E-state index contributed by atoms with van der Waals surface area (Å²) < 4.78 is 62.0. The molecule has 0 amide bonds. The molecule has 1 fully saturated rings. The maximum absolute atomic E-state index is 13.9. The number of ether oxygens (including phenoxy) is 2. The van der Waals surface area contributed by atoms with Crippen molar-refractivity contribution in [3.8, 4) is 5.75 Å². The van der Waals surface area contributed by atoms with Gasteiger partial charge in [-0.3, -0.25) is 4.90 Å². The van der Waals surface area contributed by atoms with Crippen molar-refractivity contribution in [1.29, 1.82) is 0 Å². The van der Waals surface area contributed by atoms with Gasteiger partial charge in [-0.15, -0.1) is 0 Å². The standard InChI is InChI=1S/C18H16ClF4N3O3/c1-28-17(27)16-24-5-11(6-25-16)29-15(12-3-2-4-13(20)14(12)19)10-7-26(8-10)9-18(21,22)23/h2-6,10,15H,7-9H2,1H3. The number of benzene rings is 1. The quantitative estimate of drug-likeness (QED) is 0.511. The fraction of sp³-hybridized carbons (Fsp3) is 0.389. The van der Waals surface area contributed by atoms with Crippen LogP contribution in [0.1, 0.15) is 22.3 Å². The number of hydrogen-bond donors (Lipinski definition) is 0. The van der Waals surface area contributed by atoms with E-state index in [2.05, 4.69) is 14.7 Å². The van der Waals surface area contributed by atoms with E-state index in [4.69, 9.17) is 16.3 Å². The number of carbonyl (C=O) groups is 1. The Bertz CT molecular complexity index is 874. The smallest absolute Gasteiger partial charge is 0.401 e. The number of rotatable bonds is 6. The summed E-state index contributed by atoms with van der Waals surface area (Å²) in [5, 5.41) is -0.168. The van der Waals surface area contributed by atoms with Crippen molar-refractivity contribution in [2.45, 2.75) is 12.3 Å².